The molecule has 0 aliphatic carbocycles. The molecular weight excluding hydrogens is 274 g/mol. The summed E-state index contributed by atoms with van der Waals surface area (Å²) >= 11 is 1.55. The second kappa shape index (κ2) is 8.87. The third-order valence-electron chi connectivity index (χ3n) is 2.11. The molecule has 0 amide bonds. The average molecular weight is 289 g/mol. The lowest BCUT2D eigenvalue weighted by Gasteiger charge is -2.01. The second-order valence-corrected chi connectivity index (χ2v) is 4.82. The average Bonchev–Trinajstić information content (AvgIpc) is 2.43. The predicted octanol–water partition coefficient (Wildman–Crippen LogP) is 3.25. The van der Waals surface area contributed by atoms with Crippen LogP contribution in [0.25, 0.3) is 0 Å². The van der Waals surface area contributed by atoms with Crippen molar-refractivity contribution < 1.29 is 14.4 Å². The molecule has 0 aromatic heterocycles. The largest absolute Gasteiger partial charge is 0.331 e. The zero-order valence-electron chi connectivity index (χ0n) is 11.1. The minimum absolute atomic E-state index is 0.473. The highest BCUT2D eigenvalue weighted by atomic mass is 32.2. The van der Waals surface area contributed by atoms with Gasteiger partial charge in [-0.2, -0.15) is 0 Å². The van der Waals surface area contributed by atoms with Crippen molar-refractivity contribution >= 4 is 30.2 Å². The van der Waals surface area contributed by atoms with Crippen LogP contribution in [0.4, 0.5) is 0 Å². The van der Waals surface area contributed by atoms with E-state index in [4.69, 9.17) is 0 Å². The van der Waals surface area contributed by atoms with Crippen LogP contribution in [0.5, 0.6) is 0 Å². The van der Waals surface area contributed by atoms with Crippen LogP contribution in [0.15, 0.2) is 58.6 Å². The van der Waals surface area contributed by atoms with E-state index in [2.05, 4.69) is 16.6 Å². The number of oxime groups is 1. The number of thioether (sulfide) groups is 1. The maximum absolute atomic E-state index is 10.8. The van der Waals surface area contributed by atoms with Gasteiger partial charge < -0.3 is 4.84 Å². The van der Waals surface area contributed by atoms with Gasteiger partial charge >= 0.3 is 5.97 Å². The summed E-state index contributed by atoms with van der Waals surface area (Å²) in [6, 6.07) is 7.41. The van der Waals surface area contributed by atoms with E-state index in [1.54, 1.807) is 23.9 Å². The monoisotopic (exact) mass is 289 g/mol. The summed E-state index contributed by atoms with van der Waals surface area (Å²) in [5.74, 6) is 0.227. The number of rotatable bonds is 7. The molecule has 0 spiro atoms. The number of benzene rings is 1. The molecule has 0 saturated heterocycles. The maximum Gasteiger partial charge on any atom is 0.331 e. The molecule has 0 aliphatic heterocycles. The number of hydrogen-bond donors (Lipinski definition) is 0. The van der Waals surface area contributed by atoms with Crippen LogP contribution in [0, 0.1) is 0 Å². The van der Waals surface area contributed by atoms with Gasteiger partial charge in [0.2, 0.25) is 0 Å². The molecule has 104 valence electrons. The Morgan fingerprint density at radius 1 is 1.45 bits per heavy atom. The van der Waals surface area contributed by atoms with Crippen molar-refractivity contribution in [1.29, 1.82) is 0 Å². The van der Waals surface area contributed by atoms with Crippen LogP contribution < -0.4 is 0 Å². The normalized spacial score (nSPS) is 10.8. The van der Waals surface area contributed by atoms with Crippen LogP contribution in [0.1, 0.15) is 17.3 Å². The lowest BCUT2D eigenvalue weighted by molar-refractivity contribution is -0.140. The molecule has 0 bridgehead atoms. The van der Waals surface area contributed by atoms with Gasteiger partial charge in [0, 0.05) is 23.1 Å². The Labute approximate surface area is 122 Å². The van der Waals surface area contributed by atoms with Gasteiger partial charge in [0.25, 0.3) is 0 Å². The third kappa shape index (κ3) is 6.15. The standard InChI is InChI=1S/C15H15NO3S/c1-12(10-16-19-13(2)18)6-5-9-20-15-8-4-3-7-14(15)11-17/h3-8,10-11H,1,9H2,2H3/b6-5-,16-10+. The van der Waals surface area contributed by atoms with Crippen molar-refractivity contribution in [3.8, 4) is 0 Å². The smallest absolute Gasteiger partial charge is 0.319 e. The van der Waals surface area contributed by atoms with E-state index in [9.17, 15) is 9.59 Å². The van der Waals surface area contributed by atoms with E-state index in [1.165, 1.54) is 13.1 Å². The molecule has 0 fully saturated rings. The van der Waals surface area contributed by atoms with Crippen molar-refractivity contribution in [2.24, 2.45) is 5.16 Å². The van der Waals surface area contributed by atoms with Gasteiger partial charge in [-0.1, -0.05) is 42.1 Å². The fourth-order valence-electron chi connectivity index (χ4n) is 1.26. The molecule has 0 saturated carbocycles. The number of nitrogens with zero attached hydrogens (tertiary/aromatic N) is 1. The van der Waals surface area contributed by atoms with Gasteiger partial charge in [0.15, 0.2) is 6.29 Å². The van der Waals surface area contributed by atoms with Crippen LogP contribution in [0.2, 0.25) is 0 Å². The van der Waals surface area contributed by atoms with E-state index in [0.717, 1.165) is 11.2 Å². The Morgan fingerprint density at radius 3 is 2.90 bits per heavy atom. The molecule has 0 heterocycles. The quantitative estimate of drug-likeness (QED) is 0.193. The minimum Gasteiger partial charge on any atom is -0.319 e. The lowest BCUT2D eigenvalue weighted by atomic mass is 10.2. The molecule has 5 heteroatoms. The Bertz CT molecular complexity index is 550. The fourth-order valence-corrected chi connectivity index (χ4v) is 2.09. The van der Waals surface area contributed by atoms with E-state index in [1.807, 2.05) is 24.3 Å². The Balaban J connectivity index is 2.41. The summed E-state index contributed by atoms with van der Waals surface area (Å²) in [4.78, 5) is 26.7. The highest BCUT2D eigenvalue weighted by molar-refractivity contribution is 7.99. The first-order valence-electron chi connectivity index (χ1n) is 5.87. The molecule has 0 N–H and O–H groups in total. The fraction of sp³-hybridized carbons (Fsp3) is 0.133. The molecule has 1 aromatic carbocycles. The first-order chi connectivity index (χ1) is 9.63. The van der Waals surface area contributed by atoms with Crippen molar-refractivity contribution in [1.82, 2.24) is 0 Å². The maximum atomic E-state index is 10.8. The zero-order chi connectivity index (χ0) is 14.8. The molecule has 1 rings (SSSR count). The van der Waals surface area contributed by atoms with Crippen molar-refractivity contribution in [3.63, 3.8) is 0 Å². The molecule has 0 aliphatic rings. The highest BCUT2D eigenvalue weighted by Crippen LogP contribution is 2.21. The van der Waals surface area contributed by atoms with Crippen LogP contribution in [0.3, 0.4) is 0 Å². The van der Waals surface area contributed by atoms with E-state index >= 15 is 0 Å². The molecule has 0 atom stereocenters. The summed E-state index contributed by atoms with van der Waals surface area (Å²) in [5.41, 5.74) is 1.30. The summed E-state index contributed by atoms with van der Waals surface area (Å²) in [6.07, 6.45) is 5.87. The second-order valence-electron chi connectivity index (χ2n) is 3.76. The summed E-state index contributed by atoms with van der Waals surface area (Å²) < 4.78 is 0. The number of aldehydes is 1. The SMILES string of the molecule is C=C(/C=C\CSc1ccccc1C=O)/C=N/OC(C)=O. The number of carbonyl (C=O) groups is 2. The van der Waals surface area contributed by atoms with Gasteiger partial charge in [0.05, 0.1) is 6.21 Å². The summed E-state index contributed by atoms with van der Waals surface area (Å²) in [6.45, 7) is 5.01. The Kier molecular flexibility index (Phi) is 7.06. The Morgan fingerprint density at radius 2 is 2.20 bits per heavy atom. The topological polar surface area (TPSA) is 55.7 Å². The number of allylic oxidation sites excluding steroid dienone is 2. The van der Waals surface area contributed by atoms with Crippen molar-refractivity contribution in [2.45, 2.75) is 11.8 Å². The summed E-state index contributed by atoms with van der Waals surface area (Å²) in [7, 11) is 0. The minimum atomic E-state index is -0.473. The molecule has 1 aromatic rings. The van der Waals surface area contributed by atoms with E-state index < -0.39 is 5.97 Å². The zero-order valence-corrected chi connectivity index (χ0v) is 11.9. The third-order valence-corrected chi connectivity index (χ3v) is 3.15. The van der Waals surface area contributed by atoms with Gasteiger partial charge in [-0.3, -0.25) is 4.79 Å². The molecule has 0 unspecified atom stereocenters. The Hall–Kier alpha value is -2.14. The van der Waals surface area contributed by atoms with Crippen LogP contribution in [-0.2, 0) is 9.63 Å². The molecule has 4 nitrogen and oxygen atoms in total. The van der Waals surface area contributed by atoms with Gasteiger partial charge in [-0.15, -0.1) is 11.8 Å². The van der Waals surface area contributed by atoms with Crippen molar-refractivity contribution in [2.75, 3.05) is 5.75 Å². The first-order valence-corrected chi connectivity index (χ1v) is 6.85. The number of hydrogen-bond acceptors (Lipinski definition) is 5. The molecular formula is C15H15NO3S. The van der Waals surface area contributed by atoms with Crippen LogP contribution >= 0.6 is 11.8 Å². The lowest BCUT2D eigenvalue weighted by Crippen LogP contribution is -1.91. The van der Waals surface area contributed by atoms with Gasteiger partial charge in [-0.25, -0.2) is 4.79 Å². The van der Waals surface area contributed by atoms with Crippen LogP contribution in [-0.4, -0.2) is 24.2 Å². The van der Waals surface area contributed by atoms with E-state index in [0.29, 0.717) is 16.9 Å². The summed E-state index contributed by atoms with van der Waals surface area (Å²) in [5, 5.41) is 3.46. The first kappa shape index (κ1) is 15.9. The highest BCUT2D eigenvalue weighted by Gasteiger charge is 1.98. The van der Waals surface area contributed by atoms with Crippen molar-refractivity contribution in [3.05, 3.63) is 54.1 Å². The molecule has 0 radical (unpaired) electrons. The van der Waals surface area contributed by atoms with Gasteiger partial charge in [-0.05, 0) is 11.6 Å². The van der Waals surface area contributed by atoms with Gasteiger partial charge in [0.1, 0.15) is 0 Å². The molecule has 20 heavy (non-hydrogen) atoms. The number of carbonyl (C=O) groups excluding carboxylic acids is 2. The predicted molar refractivity (Wildman–Crippen MR) is 81.1 cm³/mol. The van der Waals surface area contributed by atoms with E-state index in [-0.39, 0.29) is 0 Å².